The summed E-state index contributed by atoms with van der Waals surface area (Å²) in [6.07, 6.45) is 2.02. The molecule has 1 aliphatic carbocycles. The molecule has 1 aliphatic heterocycles. The van der Waals surface area contributed by atoms with Crippen molar-refractivity contribution in [3.63, 3.8) is 0 Å². The Morgan fingerprint density at radius 3 is 2.33 bits per heavy atom. The average Bonchev–Trinajstić information content (AvgIpc) is 3.30. The van der Waals surface area contributed by atoms with E-state index >= 15 is 0 Å². The second-order valence-electron chi connectivity index (χ2n) is 7.36. The van der Waals surface area contributed by atoms with Gasteiger partial charge in [-0.3, -0.25) is 9.59 Å². The average molecular weight is 364 g/mol. The molecular weight excluding hydrogens is 340 g/mol. The normalized spacial score (nSPS) is 19.3. The first kappa shape index (κ1) is 17.6. The molecule has 5 heteroatoms. The van der Waals surface area contributed by atoms with E-state index < -0.39 is 0 Å². The van der Waals surface area contributed by atoms with Crippen LogP contribution in [-0.2, 0) is 22.4 Å². The van der Waals surface area contributed by atoms with Crippen molar-refractivity contribution in [2.45, 2.75) is 25.3 Å². The lowest BCUT2D eigenvalue weighted by molar-refractivity contribution is -0.136. The highest BCUT2D eigenvalue weighted by molar-refractivity contribution is 6.01. The number of hydrogen-bond acceptors (Lipinski definition) is 3. The van der Waals surface area contributed by atoms with E-state index in [1.54, 1.807) is 12.0 Å². The Bertz CT molecular complexity index is 854. The number of amides is 2. The van der Waals surface area contributed by atoms with Crippen LogP contribution in [0.15, 0.2) is 48.5 Å². The van der Waals surface area contributed by atoms with Crippen LogP contribution in [0.3, 0.4) is 0 Å². The maximum absolute atomic E-state index is 13.1. The first-order valence-electron chi connectivity index (χ1n) is 9.35. The van der Waals surface area contributed by atoms with Crippen molar-refractivity contribution in [2.75, 3.05) is 25.6 Å². The molecule has 1 fully saturated rings. The van der Waals surface area contributed by atoms with Crippen LogP contribution in [0.4, 0.5) is 5.69 Å². The van der Waals surface area contributed by atoms with Gasteiger partial charge in [0, 0.05) is 26.1 Å². The van der Waals surface area contributed by atoms with E-state index in [1.807, 2.05) is 48.3 Å². The summed E-state index contributed by atoms with van der Waals surface area (Å²) in [5, 5.41) is 0. The number of fused-ring (bicyclic) bond motifs is 1. The molecule has 2 aliphatic rings. The standard InChI is InChI=1S/C22H24N2O3/c1-23(18-11-15-7-3-4-8-16(15)12-18)22(26)17-13-21(25)24(14-17)19-9-5-6-10-20(19)27-2/h3-10,17-18H,11-14H2,1-2H3. The third kappa shape index (κ3) is 3.18. The van der Waals surface area contributed by atoms with E-state index in [1.165, 1.54) is 11.1 Å². The fourth-order valence-corrected chi connectivity index (χ4v) is 4.24. The first-order valence-corrected chi connectivity index (χ1v) is 9.35. The molecule has 0 spiro atoms. The Labute approximate surface area is 159 Å². The van der Waals surface area contributed by atoms with Crippen LogP contribution < -0.4 is 9.64 Å². The van der Waals surface area contributed by atoms with Crippen molar-refractivity contribution >= 4 is 17.5 Å². The Kier molecular flexibility index (Phi) is 4.60. The minimum atomic E-state index is -0.309. The molecule has 0 saturated carbocycles. The minimum Gasteiger partial charge on any atom is -0.495 e. The number of para-hydroxylation sites is 2. The maximum atomic E-state index is 13.1. The number of hydrogen-bond donors (Lipinski definition) is 0. The van der Waals surface area contributed by atoms with Crippen LogP contribution in [0.25, 0.3) is 0 Å². The van der Waals surface area contributed by atoms with E-state index in [2.05, 4.69) is 12.1 Å². The van der Waals surface area contributed by atoms with E-state index in [4.69, 9.17) is 4.74 Å². The van der Waals surface area contributed by atoms with Crippen LogP contribution in [0.2, 0.25) is 0 Å². The second kappa shape index (κ2) is 7.06. The van der Waals surface area contributed by atoms with Crippen molar-refractivity contribution in [2.24, 2.45) is 5.92 Å². The number of methoxy groups -OCH3 is 1. The van der Waals surface area contributed by atoms with Crippen LogP contribution in [0.5, 0.6) is 5.75 Å². The molecule has 2 amide bonds. The van der Waals surface area contributed by atoms with E-state index in [0.717, 1.165) is 18.5 Å². The van der Waals surface area contributed by atoms with Gasteiger partial charge in [-0.05, 0) is 36.1 Å². The highest BCUT2D eigenvalue weighted by atomic mass is 16.5. The predicted octanol–water partition coefficient (Wildman–Crippen LogP) is 2.67. The highest BCUT2D eigenvalue weighted by Crippen LogP contribution is 2.34. The summed E-state index contributed by atoms with van der Waals surface area (Å²) in [7, 11) is 3.46. The number of nitrogens with zero attached hydrogens (tertiary/aromatic N) is 2. The Morgan fingerprint density at radius 1 is 1.04 bits per heavy atom. The minimum absolute atomic E-state index is 0.0269. The quantitative estimate of drug-likeness (QED) is 0.838. The lowest BCUT2D eigenvalue weighted by atomic mass is 10.1. The van der Waals surface area contributed by atoms with Gasteiger partial charge >= 0.3 is 0 Å². The molecule has 0 N–H and O–H groups in total. The van der Waals surface area contributed by atoms with Gasteiger partial charge in [-0.25, -0.2) is 0 Å². The fraction of sp³-hybridized carbons (Fsp3) is 0.364. The Morgan fingerprint density at radius 2 is 1.67 bits per heavy atom. The molecule has 140 valence electrons. The SMILES string of the molecule is COc1ccccc1N1CC(C(=O)N(C)C2Cc3ccccc3C2)CC1=O. The summed E-state index contributed by atoms with van der Waals surface area (Å²) in [5.74, 6) is 0.370. The molecule has 0 radical (unpaired) electrons. The molecule has 0 aromatic heterocycles. The summed E-state index contributed by atoms with van der Waals surface area (Å²) in [6, 6.07) is 16.0. The molecule has 27 heavy (non-hydrogen) atoms. The fourth-order valence-electron chi connectivity index (χ4n) is 4.24. The van der Waals surface area contributed by atoms with Gasteiger partial charge in [0.15, 0.2) is 0 Å². The Balaban J connectivity index is 1.47. The Hall–Kier alpha value is -2.82. The van der Waals surface area contributed by atoms with Crippen molar-refractivity contribution in [1.82, 2.24) is 4.90 Å². The summed E-state index contributed by atoms with van der Waals surface area (Å²) < 4.78 is 5.38. The molecule has 1 saturated heterocycles. The summed E-state index contributed by atoms with van der Waals surface area (Å²) >= 11 is 0. The van der Waals surface area contributed by atoms with E-state index in [-0.39, 0.29) is 30.2 Å². The number of carbonyl (C=O) groups is 2. The third-order valence-corrected chi connectivity index (χ3v) is 5.78. The van der Waals surface area contributed by atoms with Gasteiger partial charge in [-0.15, -0.1) is 0 Å². The van der Waals surface area contributed by atoms with Crippen molar-refractivity contribution in [3.8, 4) is 5.75 Å². The van der Waals surface area contributed by atoms with Gasteiger partial charge in [0.05, 0.1) is 18.7 Å². The first-order chi connectivity index (χ1) is 13.1. The van der Waals surface area contributed by atoms with Crippen LogP contribution in [0, 0.1) is 5.92 Å². The lowest BCUT2D eigenvalue weighted by Crippen LogP contribution is -2.42. The zero-order valence-electron chi connectivity index (χ0n) is 15.7. The van der Waals surface area contributed by atoms with Crippen molar-refractivity contribution in [1.29, 1.82) is 0 Å². The van der Waals surface area contributed by atoms with Crippen molar-refractivity contribution < 1.29 is 14.3 Å². The second-order valence-corrected chi connectivity index (χ2v) is 7.36. The molecule has 1 unspecified atom stereocenters. The summed E-state index contributed by atoms with van der Waals surface area (Å²) in [5.41, 5.74) is 3.37. The van der Waals surface area contributed by atoms with E-state index in [9.17, 15) is 9.59 Å². The molecule has 5 nitrogen and oxygen atoms in total. The maximum Gasteiger partial charge on any atom is 0.228 e. The van der Waals surface area contributed by atoms with Crippen LogP contribution in [-0.4, -0.2) is 43.5 Å². The zero-order chi connectivity index (χ0) is 19.0. The van der Waals surface area contributed by atoms with Crippen LogP contribution in [0.1, 0.15) is 17.5 Å². The number of anilines is 1. The monoisotopic (exact) mass is 364 g/mol. The molecule has 2 aromatic rings. The number of benzene rings is 2. The number of carbonyl (C=O) groups excluding carboxylic acids is 2. The molecule has 1 heterocycles. The van der Waals surface area contributed by atoms with E-state index in [0.29, 0.717) is 12.3 Å². The molecule has 1 atom stereocenters. The number of likely N-dealkylation sites (N-methyl/N-ethyl adjacent to an activating group) is 1. The zero-order valence-corrected chi connectivity index (χ0v) is 15.7. The van der Waals surface area contributed by atoms with Crippen LogP contribution >= 0.6 is 0 Å². The summed E-state index contributed by atoms with van der Waals surface area (Å²) in [6.45, 7) is 0.405. The smallest absolute Gasteiger partial charge is 0.228 e. The summed E-state index contributed by atoms with van der Waals surface area (Å²) in [4.78, 5) is 29.2. The number of rotatable bonds is 4. The molecule has 2 aromatic carbocycles. The lowest BCUT2D eigenvalue weighted by Gasteiger charge is -2.27. The molecule has 4 rings (SSSR count). The highest BCUT2D eigenvalue weighted by Gasteiger charge is 2.39. The largest absolute Gasteiger partial charge is 0.495 e. The number of ether oxygens (including phenoxy) is 1. The predicted molar refractivity (Wildman–Crippen MR) is 104 cm³/mol. The third-order valence-electron chi connectivity index (χ3n) is 5.78. The topological polar surface area (TPSA) is 49.9 Å². The van der Waals surface area contributed by atoms with Gasteiger partial charge in [0.1, 0.15) is 5.75 Å². The van der Waals surface area contributed by atoms with Crippen molar-refractivity contribution in [3.05, 3.63) is 59.7 Å². The van der Waals surface area contributed by atoms with Gasteiger partial charge in [-0.1, -0.05) is 36.4 Å². The van der Waals surface area contributed by atoms with Gasteiger partial charge < -0.3 is 14.5 Å². The van der Waals surface area contributed by atoms with Gasteiger partial charge in [-0.2, -0.15) is 0 Å². The molecular formula is C22H24N2O3. The van der Waals surface area contributed by atoms with Gasteiger partial charge in [0.25, 0.3) is 0 Å². The van der Waals surface area contributed by atoms with Gasteiger partial charge in [0.2, 0.25) is 11.8 Å². The molecule has 0 bridgehead atoms.